The van der Waals surface area contributed by atoms with Crippen LogP contribution in [0.3, 0.4) is 0 Å². The van der Waals surface area contributed by atoms with E-state index in [1.165, 1.54) is 25.1 Å². The average Bonchev–Trinajstić information content (AvgIpc) is 3.04. The van der Waals surface area contributed by atoms with Gasteiger partial charge in [-0.15, -0.1) is 0 Å². The highest BCUT2D eigenvalue weighted by molar-refractivity contribution is 6.04. The van der Waals surface area contributed by atoms with Crippen LogP contribution in [-0.4, -0.2) is 42.9 Å². The van der Waals surface area contributed by atoms with E-state index in [0.29, 0.717) is 18.7 Å². The Balaban J connectivity index is 1.40. The molecule has 170 valence electrons. The zero-order chi connectivity index (χ0) is 22.7. The minimum Gasteiger partial charge on any atom is -0.354 e. The number of piperidine rings is 1. The molecule has 3 unspecified atom stereocenters. The van der Waals surface area contributed by atoms with E-state index in [1.807, 2.05) is 55.5 Å². The predicted molar refractivity (Wildman–Crippen MR) is 126 cm³/mol. The predicted octanol–water partition coefficient (Wildman–Crippen LogP) is 2.76. The highest BCUT2D eigenvalue weighted by Gasteiger charge is 2.40. The number of aryl methyl sites for hydroxylation is 1. The van der Waals surface area contributed by atoms with Gasteiger partial charge in [0.2, 0.25) is 5.91 Å². The van der Waals surface area contributed by atoms with Crippen LogP contribution in [0, 0.1) is 18.8 Å². The van der Waals surface area contributed by atoms with Crippen LogP contribution < -0.4 is 10.2 Å². The van der Waals surface area contributed by atoms with Crippen LogP contribution in [0.4, 0.5) is 0 Å². The Labute approximate surface area is 191 Å². The Morgan fingerprint density at radius 2 is 1.75 bits per heavy atom. The van der Waals surface area contributed by atoms with Gasteiger partial charge in [-0.1, -0.05) is 61.9 Å². The van der Waals surface area contributed by atoms with Crippen molar-refractivity contribution in [3.63, 3.8) is 0 Å². The van der Waals surface area contributed by atoms with Crippen molar-refractivity contribution >= 4 is 11.8 Å². The minimum atomic E-state index is -0.567. The van der Waals surface area contributed by atoms with Crippen LogP contribution in [0.5, 0.6) is 0 Å². The summed E-state index contributed by atoms with van der Waals surface area (Å²) in [6.45, 7) is 11.4. The number of hydrogen-bond donors (Lipinski definition) is 2. The quantitative estimate of drug-likeness (QED) is 0.659. The van der Waals surface area contributed by atoms with Gasteiger partial charge in [0.25, 0.3) is 5.91 Å². The molecule has 2 aliphatic rings. The molecule has 2 aromatic carbocycles. The van der Waals surface area contributed by atoms with Crippen molar-refractivity contribution in [2.75, 3.05) is 26.2 Å². The Hall–Kier alpha value is -2.66. The van der Waals surface area contributed by atoms with Crippen LogP contribution >= 0.6 is 0 Å². The lowest BCUT2D eigenvalue weighted by Crippen LogP contribution is -3.14. The second kappa shape index (κ2) is 9.86. The van der Waals surface area contributed by atoms with Gasteiger partial charge in [0.1, 0.15) is 6.04 Å². The molecule has 2 aromatic rings. The largest absolute Gasteiger partial charge is 0.354 e. The summed E-state index contributed by atoms with van der Waals surface area (Å²) in [6, 6.07) is 15.1. The van der Waals surface area contributed by atoms with Gasteiger partial charge in [-0.3, -0.25) is 9.59 Å². The molecule has 2 heterocycles. The Kier molecular flexibility index (Phi) is 6.95. The third-order valence-electron chi connectivity index (χ3n) is 6.87. The highest BCUT2D eigenvalue weighted by atomic mass is 16.2. The molecule has 32 heavy (non-hydrogen) atoms. The second-order valence-electron chi connectivity index (χ2n) is 9.91. The minimum absolute atomic E-state index is 0.0675. The van der Waals surface area contributed by atoms with Crippen molar-refractivity contribution in [2.45, 2.75) is 46.2 Å². The smallest absolute Gasteiger partial charge is 0.255 e. The maximum Gasteiger partial charge on any atom is 0.255 e. The molecule has 5 nitrogen and oxygen atoms in total. The molecular formula is C27H36N3O2+. The Morgan fingerprint density at radius 3 is 2.47 bits per heavy atom. The maximum absolute atomic E-state index is 13.3. The molecule has 0 spiro atoms. The summed E-state index contributed by atoms with van der Waals surface area (Å²) >= 11 is 0. The molecule has 2 N–H and O–H groups in total. The fourth-order valence-electron chi connectivity index (χ4n) is 5.48. The first kappa shape index (κ1) is 22.5. The van der Waals surface area contributed by atoms with Crippen molar-refractivity contribution in [3.8, 4) is 0 Å². The van der Waals surface area contributed by atoms with Crippen molar-refractivity contribution in [1.82, 2.24) is 10.2 Å². The first-order valence-corrected chi connectivity index (χ1v) is 12.0. The Bertz CT molecular complexity index is 946. The molecule has 5 heteroatoms. The topological polar surface area (TPSA) is 53.9 Å². The standard InChI is InChI=1S/C27H35N3O2/c1-19-9-11-22(12-10-19)18-30-25(23-7-4-5-8-24(23)27(30)32)26(31)28-13-6-14-29-16-20(2)15-21(3)17-29/h4-5,7-12,20-21,25H,6,13-18H2,1-3H3,(H,28,31)/p+1. The average molecular weight is 435 g/mol. The van der Waals surface area contributed by atoms with E-state index in [1.54, 1.807) is 9.80 Å². The van der Waals surface area contributed by atoms with E-state index in [4.69, 9.17) is 0 Å². The number of amides is 2. The number of rotatable bonds is 7. The van der Waals surface area contributed by atoms with E-state index in [0.717, 1.165) is 35.9 Å². The highest BCUT2D eigenvalue weighted by Crippen LogP contribution is 2.35. The third kappa shape index (κ3) is 5.04. The summed E-state index contributed by atoms with van der Waals surface area (Å²) in [5.74, 6) is 1.41. The molecular weight excluding hydrogens is 398 g/mol. The van der Waals surface area contributed by atoms with Crippen LogP contribution in [0.25, 0.3) is 0 Å². The normalized spacial score (nSPS) is 25.0. The molecule has 2 amide bonds. The summed E-state index contributed by atoms with van der Waals surface area (Å²) < 4.78 is 0. The molecule has 0 radical (unpaired) electrons. The number of nitrogens with zero attached hydrogens (tertiary/aromatic N) is 1. The monoisotopic (exact) mass is 434 g/mol. The molecule has 0 aromatic heterocycles. The lowest BCUT2D eigenvalue weighted by Gasteiger charge is -2.32. The van der Waals surface area contributed by atoms with Gasteiger partial charge in [0.05, 0.1) is 19.6 Å². The summed E-state index contributed by atoms with van der Waals surface area (Å²) in [7, 11) is 0. The van der Waals surface area contributed by atoms with Gasteiger partial charge in [-0.2, -0.15) is 0 Å². The van der Waals surface area contributed by atoms with E-state index >= 15 is 0 Å². The summed E-state index contributed by atoms with van der Waals surface area (Å²) in [5, 5.41) is 3.13. The van der Waals surface area contributed by atoms with Crippen molar-refractivity contribution in [3.05, 3.63) is 70.8 Å². The van der Waals surface area contributed by atoms with Crippen LogP contribution in [0.2, 0.25) is 0 Å². The SMILES string of the molecule is Cc1ccc(CN2C(=O)c3ccccc3C2C(=O)NCCC[NH+]2CC(C)CC(C)C2)cc1. The molecule has 0 bridgehead atoms. The zero-order valence-corrected chi connectivity index (χ0v) is 19.6. The first-order chi connectivity index (χ1) is 15.4. The number of carbonyl (C=O) groups is 2. The van der Waals surface area contributed by atoms with Gasteiger partial charge < -0.3 is 15.1 Å². The van der Waals surface area contributed by atoms with E-state index in [9.17, 15) is 9.59 Å². The van der Waals surface area contributed by atoms with Crippen molar-refractivity contribution in [1.29, 1.82) is 0 Å². The number of fused-ring (bicyclic) bond motifs is 1. The molecule has 0 saturated carbocycles. The van der Waals surface area contributed by atoms with E-state index < -0.39 is 6.04 Å². The fraction of sp³-hybridized carbons (Fsp3) is 0.481. The van der Waals surface area contributed by atoms with Gasteiger partial charge in [-0.05, 0) is 30.5 Å². The Morgan fingerprint density at radius 1 is 1.06 bits per heavy atom. The van der Waals surface area contributed by atoms with Crippen molar-refractivity contribution in [2.24, 2.45) is 11.8 Å². The molecule has 2 aliphatic heterocycles. The van der Waals surface area contributed by atoms with Gasteiger partial charge in [-0.25, -0.2) is 0 Å². The van der Waals surface area contributed by atoms with Gasteiger partial charge in [0.15, 0.2) is 0 Å². The number of carbonyl (C=O) groups excluding carboxylic acids is 2. The number of hydrogen-bond acceptors (Lipinski definition) is 2. The lowest BCUT2D eigenvalue weighted by atomic mass is 9.92. The molecule has 0 aliphatic carbocycles. The molecule has 3 atom stereocenters. The summed E-state index contributed by atoms with van der Waals surface area (Å²) in [6.07, 6.45) is 2.28. The number of nitrogens with one attached hydrogen (secondary N) is 2. The number of likely N-dealkylation sites (tertiary alicyclic amines) is 1. The fourth-order valence-corrected chi connectivity index (χ4v) is 5.48. The van der Waals surface area contributed by atoms with Crippen LogP contribution in [-0.2, 0) is 11.3 Å². The second-order valence-corrected chi connectivity index (χ2v) is 9.91. The van der Waals surface area contributed by atoms with Crippen LogP contribution in [0.1, 0.15) is 59.8 Å². The third-order valence-corrected chi connectivity index (χ3v) is 6.87. The number of benzene rings is 2. The van der Waals surface area contributed by atoms with E-state index in [-0.39, 0.29) is 11.8 Å². The van der Waals surface area contributed by atoms with Gasteiger partial charge in [0, 0.05) is 36.9 Å². The summed E-state index contributed by atoms with van der Waals surface area (Å²) in [4.78, 5) is 29.7. The molecule has 1 fully saturated rings. The maximum atomic E-state index is 13.3. The molecule has 4 rings (SSSR count). The van der Waals surface area contributed by atoms with E-state index in [2.05, 4.69) is 19.2 Å². The van der Waals surface area contributed by atoms with Crippen molar-refractivity contribution < 1.29 is 14.5 Å². The number of quaternary nitrogens is 1. The van der Waals surface area contributed by atoms with Gasteiger partial charge >= 0.3 is 0 Å². The van der Waals surface area contributed by atoms with Crippen LogP contribution in [0.15, 0.2) is 48.5 Å². The first-order valence-electron chi connectivity index (χ1n) is 12.0. The lowest BCUT2D eigenvalue weighted by molar-refractivity contribution is -0.912. The molecule has 1 saturated heterocycles. The zero-order valence-electron chi connectivity index (χ0n) is 19.6. The summed E-state index contributed by atoms with van der Waals surface area (Å²) in [5.41, 5.74) is 3.66.